The Morgan fingerprint density at radius 3 is 2.50 bits per heavy atom. The van der Waals surface area contributed by atoms with Crippen LogP contribution in [-0.2, 0) is 4.74 Å². The van der Waals surface area contributed by atoms with Crippen LogP contribution in [0.4, 0.5) is 0 Å². The van der Waals surface area contributed by atoms with Crippen LogP contribution < -0.4 is 0 Å². The van der Waals surface area contributed by atoms with Crippen molar-refractivity contribution in [1.29, 1.82) is 0 Å². The number of unbranched alkanes of at least 4 members (excludes halogenated alkanes) is 2. The molecule has 0 amide bonds. The Labute approximate surface area is 72.6 Å². The molecule has 0 N–H and O–H groups in total. The summed E-state index contributed by atoms with van der Waals surface area (Å²) in [5.41, 5.74) is 0. The molecule has 0 rings (SSSR count). The molecule has 0 fully saturated rings. The Bertz CT molecular complexity index is 66.3. The molecule has 2 heteroatoms. The molecule has 1 unspecified atom stereocenters. The summed E-state index contributed by atoms with van der Waals surface area (Å²) in [5, 5.41) is 0. The van der Waals surface area contributed by atoms with Crippen LogP contribution in [0.25, 0.3) is 0 Å². The Hall–Kier alpha value is 0.492. The third-order valence-electron chi connectivity index (χ3n) is 1.47. The van der Waals surface area contributed by atoms with E-state index in [-0.39, 0.29) is 0 Å². The standard InChI is InChI=1S/C8H17O.Al/c1-3-5-6-7-8-9-4-2;/h8H,3-7H2,1-2H3;. The first-order chi connectivity index (χ1) is 4.81. The SMILES string of the molecule is CCCCC[CH]([Al])OCC. The van der Waals surface area contributed by atoms with Crippen LogP contribution in [0.1, 0.15) is 39.5 Å². The highest BCUT2D eigenvalue weighted by Gasteiger charge is 1.97. The van der Waals surface area contributed by atoms with Crippen LogP contribution in [0.5, 0.6) is 0 Å². The van der Waals surface area contributed by atoms with E-state index >= 15 is 0 Å². The average Bonchev–Trinajstić information content (AvgIpc) is 1.89. The Balaban J connectivity index is 2.97. The van der Waals surface area contributed by atoms with Gasteiger partial charge in [-0.3, -0.25) is 0 Å². The highest BCUT2D eigenvalue weighted by Crippen LogP contribution is 2.03. The summed E-state index contributed by atoms with van der Waals surface area (Å²) in [4.78, 5) is 0.386. The van der Waals surface area contributed by atoms with E-state index in [1.807, 2.05) is 6.92 Å². The lowest BCUT2D eigenvalue weighted by molar-refractivity contribution is 0.111. The van der Waals surface area contributed by atoms with Gasteiger partial charge in [-0.2, -0.15) is 0 Å². The second-order valence-corrected chi connectivity index (χ2v) is 3.23. The molecule has 0 aromatic rings. The van der Waals surface area contributed by atoms with Gasteiger partial charge in [0.25, 0.3) is 0 Å². The van der Waals surface area contributed by atoms with Crippen molar-refractivity contribution in [2.75, 3.05) is 6.61 Å². The van der Waals surface area contributed by atoms with E-state index < -0.39 is 0 Å². The predicted molar refractivity (Wildman–Crippen MR) is 45.3 cm³/mol. The summed E-state index contributed by atoms with van der Waals surface area (Å²) in [5.74, 6) is 0. The van der Waals surface area contributed by atoms with Gasteiger partial charge >= 0.3 is 0 Å². The molecule has 0 saturated heterocycles. The highest BCUT2D eigenvalue weighted by molar-refractivity contribution is 6.10. The molecular formula is C8H17AlO. The lowest BCUT2D eigenvalue weighted by atomic mass is 10.2. The summed E-state index contributed by atoms with van der Waals surface area (Å²) in [6.07, 6.45) is 5.11. The molecule has 0 aromatic heterocycles. The molecular weight excluding hydrogens is 139 g/mol. The topological polar surface area (TPSA) is 9.23 Å². The van der Waals surface area contributed by atoms with E-state index in [2.05, 4.69) is 23.2 Å². The molecule has 1 nitrogen and oxygen atoms in total. The number of hydrogen-bond donors (Lipinski definition) is 0. The number of rotatable bonds is 6. The van der Waals surface area contributed by atoms with Crippen molar-refractivity contribution in [3.05, 3.63) is 0 Å². The predicted octanol–water partition coefficient (Wildman–Crippen LogP) is 2.10. The molecule has 2 radical (unpaired) electrons. The quantitative estimate of drug-likeness (QED) is 0.422. The Morgan fingerprint density at radius 1 is 1.30 bits per heavy atom. The van der Waals surface area contributed by atoms with Crippen LogP contribution in [0.15, 0.2) is 0 Å². The first kappa shape index (κ1) is 10.5. The molecule has 0 aliphatic rings. The van der Waals surface area contributed by atoms with Crippen LogP contribution in [0, 0.1) is 0 Å². The maximum absolute atomic E-state index is 5.35. The van der Waals surface area contributed by atoms with Crippen molar-refractivity contribution in [2.45, 2.75) is 44.5 Å². The largest absolute Gasteiger partial charge is 0.396 e. The third-order valence-corrected chi connectivity index (χ3v) is 2.00. The fourth-order valence-corrected chi connectivity index (χ4v) is 1.32. The van der Waals surface area contributed by atoms with Gasteiger partial charge in [-0.1, -0.05) is 26.2 Å². The fourth-order valence-electron chi connectivity index (χ4n) is 0.893. The Morgan fingerprint density at radius 2 is 2.00 bits per heavy atom. The second kappa shape index (κ2) is 7.60. The summed E-state index contributed by atoms with van der Waals surface area (Å²) in [7, 11) is 0. The maximum atomic E-state index is 5.35. The zero-order chi connectivity index (χ0) is 7.82. The minimum Gasteiger partial charge on any atom is -0.396 e. The van der Waals surface area contributed by atoms with Gasteiger partial charge in [0.1, 0.15) is 0 Å². The monoisotopic (exact) mass is 156 g/mol. The lowest BCUT2D eigenvalue weighted by Crippen LogP contribution is -2.11. The summed E-state index contributed by atoms with van der Waals surface area (Å²) in [6.45, 7) is 5.09. The molecule has 0 saturated carbocycles. The van der Waals surface area contributed by atoms with Crippen molar-refractivity contribution >= 4 is 16.3 Å². The van der Waals surface area contributed by atoms with Gasteiger partial charge < -0.3 is 4.74 Å². The van der Waals surface area contributed by atoms with Crippen molar-refractivity contribution < 1.29 is 4.74 Å². The minimum absolute atomic E-state index is 0.386. The van der Waals surface area contributed by atoms with E-state index in [1.165, 1.54) is 25.7 Å². The van der Waals surface area contributed by atoms with E-state index in [0.29, 0.717) is 4.97 Å². The normalized spacial score (nSPS) is 13.4. The van der Waals surface area contributed by atoms with Crippen molar-refractivity contribution in [3.63, 3.8) is 0 Å². The van der Waals surface area contributed by atoms with E-state index in [0.717, 1.165) is 6.61 Å². The molecule has 0 bridgehead atoms. The van der Waals surface area contributed by atoms with Crippen LogP contribution in [0.3, 0.4) is 0 Å². The molecule has 58 valence electrons. The second-order valence-electron chi connectivity index (χ2n) is 2.49. The van der Waals surface area contributed by atoms with Crippen LogP contribution in [0.2, 0.25) is 0 Å². The molecule has 0 aliphatic heterocycles. The highest BCUT2D eigenvalue weighted by atomic mass is 27.0. The average molecular weight is 156 g/mol. The molecule has 0 aliphatic carbocycles. The summed E-state index contributed by atoms with van der Waals surface area (Å²) >= 11 is 2.73. The van der Waals surface area contributed by atoms with Crippen molar-refractivity contribution in [2.24, 2.45) is 0 Å². The molecule has 10 heavy (non-hydrogen) atoms. The maximum Gasteiger partial charge on any atom is 0.171 e. The number of hydrogen-bond acceptors (Lipinski definition) is 1. The van der Waals surface area contributed by atoms with Gasteiger partial charge in [-0.05, 0) is 18.3 Å². The van der Waals surface area contributed by atoms with Crippen molar-refractivity contribution in [3.8, 4) is 0 Å². The first-order valence-electron chi connectivity index (χ1n) is 4.18. The van der Waals surface area contributed by atoms with E-state index in [1.54, 1.807) is 0 Å². The smallest absolute Gasteiger partial charge is 0.171 e. The zero-order valence-corrected chi connectivity index (χ0v) is 8.25. The van der Waals surface area contributed by atoms with Crippen LogP contribution >= 0.6 is 0 Å². The fraction of sp³-hybridized carbons (Fsp3) is 1.00. The lowest BCUT2D eigenvalue weighted by Gasteiger charge is -2.11. The molecule has 0 spiro atoms. The molecule has 0 heterocycles. The summed E-state index contributed by atoms with van der Waals surface area (Å²) < 4.78 is 5.35. The van der Waals surface area contributed by atoms with Gasteiger partial charge in [-0.15, -0.1) is 0 Å². The first-order valence-corrected chi connectivity index (χ1v) is 4.85. The summed E-state index contributed by atoms with van der Waals surface area (Å²) in [6, 6.07) is 0. The Kier molecular flexibility index (Phi) is 7.97. The van der Waals surface area contributed by atoms with Crippen LogP contribution in [-0.4, -0.2) is 27.9 Å². The van der Waals surface area contributed by atoms with Gasteiger partial charge in [-0.25, -0.2) is 0 Å². The minimum atomic E-state index is 0.386. The van der Waals surface area contributed by atoms with E-state index in [9.17, 15) is 0 Å². The molecule has 1 atom stereocenters. The van der Waals surface area contributed by atoms with Gasteiger partial charge in [0.05, 0.1) is 0 Å². The number of ether oxygens (including phenoxy) is 1. The zero-order valence-electron chi connectivity index (χ0n) is 7.10. The van der Waals surface area contributed by atoms with Gasteiger partial charge in [0.2, 0.25) is 0 Å². The van der Waals surface area contributed by atoms with E-state index in [4.69, 9.17) is 4.74 Å². The third kappa shape index (κ3) is 6.61. The molecule has 0 aromatic carbocycles. The van der Waals surface area contributed by atoms with Gasteiger partial charge in [0.15, 0.2) is 16.3 Å². The van der Waals surface area contributed by atoms with Gasteiger partial charge in [0, 0.05) is 6.61 Å². The van der Waals surface area contributed by atoms with Crippen molar-refractivity contribution in [1.82, 2.24) is 0 Å².